The molecule has 7 heteroatoms. The molecule has 3 rings (SSSR count). The molecule has 2 N–H and O–H groups in total. The monoisotopic (exact) mass is 465 g/mol. The molecular weight excluding hydrogens is 446 g/mol. The van der Waals surface area contributed by atoms with Gasteiger partial charge >= 0.3 is 0 Å². The van der Waals surface area contributed by atoms with Gasteiger partial charge in [0, 0.05) is 26.9 Å². The van der Waals surface area contributed by atoms with Crippen molar-refractivity contribution < 1.29 is 14.3 Å². The van der Waals surface area contributed by atoms with Crippen LogP contribution in [0.15, 0.2) is 76.3 Å². The molecule has 0 bridgehead atoms. The largest absolute Gasteiger partial charge is 0.496 e. The molecule has 0 heterocycles. The number of hydrogen-bond donors (Lipinski definition) is 2. The van der Waals surface area contributed by atoms with Gasteiger partial charge in [0.25, 0.3) is 11.8 Å². The van der Waals surface area contributed by atoms with Gasteiger partial charge in [0.05, 0.1) is 13.3 Å². The summed E-state index contributed by atoms with van der Waals surface area (Å²) < 4.78 is 6.14. The standard InChI is InChI=1S/C23H20BrN3O3/c1-15-5-3-4-6-20(15)23(29)26-19-10-7-16(8-11-19)22(28)27-25-14-17-13-18(24)9-12-21(17)30-2/h3-14H,1-2H3,(H,26,29)(H,27,28)/b25-14+. The number of carbonyl (C=O) groups excluding carboxylic acids is 2. The summed E-state index contributed by atoms with van der Waals surface area (Å²) in [4.78, 5) is 24.7. The zero-order valence-corrected chi connectivity index (χ0v) is 18.1. The number of methoxy groups -OCH3 is 1. The molecule has 30 heavy (non-hydrogen) atoms. The summed E-state index contributed by atoms with van der Waals surface area (Å²) in [5, 5.41) is 6.82. The molecule has 6 nitrogen and oxygen atoms in total. The molecule has 0 aliphatic heterocycles. The van der Waals surface area contributed by atoms with Crippen LogP contribution in [0.3, 0.4) is 0 Å². The van der Waals surface area contributed by atoms with E-state index in [0.717, 1.165) is 15.6 Å². The van der Waals surface area contributed by atoms with Crippen LogP contribution in [0.2, 0.25) is 0 Å². The second-order valence-electron chi connectivity index (χ2n) is 6.43. The van der Waals surface area contributed by atoms with Gasteiger partial charge in [-0.2, -0.15) is 5.10 Å². The summed E-state index contributed by atoms with van der Waals surface area (Å²) in [7, 11) is 1.57. The molecule has 3 aromatic carbocycles. The highest BCUT2D eigenvalue weighted by Gasteiger charge is 2.10. The SMILES string of the molecule is COc1ccc(Br)cc1/C=N/NC(=O)c1ccc(NC(=O)c2ccccc2C)cc1. The van der Waals surface area contributed by atoms with Crippen molar-refractivity contribution in [1.29, 1.82) is 0 Å². The van der Waals surface area contributed by atoms with Crippen LogP contribution < -0.4 is 15.5 Å². The summed E-state index contributed by atoms with van der Waals surface area (Å²) in [5.74, 6) is 0.0832. The lowest BCUT2D eigenvalue weighted by Crippen LogP contribution is -2.18. The Kier molecular flexibility index (Phi) is 6.98. The molecular formula is C23H20BrN3O3. The Hall–Kier alpha value is -3.45. The van der Waals surface area contributed by atoms with Gasteiger partial charge in [-0.25, -0.2) is 5.43 Å². The van der Waals surface area contributed by atoms with E-state index in [1.165, 1.54) is 6.21 Å². The van der Waals surface area contributed by atoms with Gasteiger partial charge in [-0.1, -0.05) is 34.1 Å². The number of amides is 2. The van der Waals surface area contributed by atoms with E-state index in [0.29, 0.717) is 22.6 Å². The molecule has 0 atom stereocenters. The van der Waals surface area contributed by atoms with E-state index < -0.39 is 0 Å². The Morgan fingerprint density at radius 1 is 1.00 bits per heavy atom. The summed E-state index contributed by atoms with van der Waals surface area (Å²) in [6.45, 7) is 1.88. The van der Waals surface area contributed by atoms with Crippen LogP contribution in [0.1, 0.15) is 31.8 Å². The van der Waals surface area contributed by atoms with Gasteiger partial charge < -0.3 is 10.1 Å². The second kappa shape index (κ2) is 9.84. The van der Waals surface area contributed by atoms with Crippen molar-refractivity contribution in [2.24, 2.45) is 5.10 Å². The number of halogens is 1. The van der Waals surface area contributed by atoms with E-state index in [2.05, 4.69) is 31.8 Å². The zero-order valence-electron chi connectivity index (χ0n) is 16.5. The summed E-state index contributed by atoms with van der Waals surface area (Å²) >= 11 is 3.39. The molecule has 0 unspecified atom stereocenters. The number of rotatable bonds is 6. The zero-order chi connectivity index (χ0) is 21.5. The minimum absolute atomic E-state index is 0.196. The molecule has 152 valence electrons. The van der Waals surface area contributed by atoms with Crippen molar-refractivity contribution in [3.05, 3.63) is 93.5 Å². The highest BCUT2D eigenvalue weighted by Crippen LogP contribution is 2.21. The maximum absolute atomic E-state index is 12.4. The predicted molar refractivity (Wildman–Crippen MR) is 121 cm³/mol. The Labute approximate surface area is 183 Å². The fourth-order valence-electron chi connectivity index (χ4n) is 2.76. The number of aryl methyl sites for hydroxylation is 1. The van der Waals surface area contributed by atoms with E-state index in [4.69, 9.17) is 4.74 Å². The predicted octanol–water partition coefficient (Wildman–Crippen LogP) is 4.78. The first kappa shape index (κ1) is 21.3. The first-order valence-corrected chi connectivity index (χ1v) is 9.91. The number of nitrogens with zero attached hydrogens (tertiary/aromatic N) is 1. The average molecular weight is 466 g/mol. The van der Waals surface area contributed by atoms with E-state index >= 15 is 0 Å². The quantitative estimate of drug-likeness (QED) is 0.405. The first-order chi connectivity index (χ1) is 14.5. The van der Waals surface area contributed by atoms with Crippen LogP contribution in [0.25, 0.3) is 0 Å². The van der Waals surface area contributed by atoms with Crippen molar-refractivity contribution in [3.63, 3.8) is 0 Å². The molecule has 0 saturated heterocycles. The number of nitrogens with one attached hydrogen (secondary N) is 2. The van der Waals surface area contributed by atoms with Gasteiger partial charge in [0.1, 0.15) is 5.75 Å². The van der Waals surface area contributed by atoms with Crippen molar-refractivity contribution in [2.75, 3.05) is 12.4 Å². The van der Waals surface area contributed by atoms with Crippen molar-refractivity contribution in [2.45, 2.75) is 6.92 Å². The van der Waals surface area contributed by atoms with Gasteiger partial charge in [0.2, 0.25) is 0 Å². The van der Waals surface area contributed by atoms with Crippen LogP contribution >= 0.6 is 15.9 Å². The summed E-state index contributed by atoms with van der Waals surface area (Å²) in [5.41, 5.74) is 5.73. The molecule has 0 aliphatic carbocycles. The number of hydrazone groups is 1. The number of carbonyl (C=O) groups is 2. The number of benzene rings is 3. The van der Waals surface area contributed by atoms with Gasteiger partial charge in [-0.3, -0.25) is 9.59 Å². The second-order valence-corrected chi connectivity index (χ2v) is 7.35. The van der Waals surface area contributed by atoms with Gasteiger partial charge in [-0.05, 0) is 61.0 Å². The Balaban J connectivity index is 1.62. The number of hydrogen-bond acceptors (Lipinski definition) is 4. The minimum atomic E-state index is -0.364. The van der Waals surface area contributed by atoms with Gasteiger partial charge in [0.15, 0.2) is 0 Å². The molecule has 0 radical (unpaired) electrons. The maximum atomic E-state index is 12.4. The van der Waals surface area contributed by atoms with Crippen LogP contribution in [0.5, 0.6) is 5.75 Å². The molecule has 0 aromatic heterocycles. The Morgan fingerprint density at radius 3 is 2.43 bits per heavy atom. The third-order valence-electron chi connectivity index (χ3n) is 4.36. The lowest BCUT2D eigenvalue weighted by molar-refractivity contribution is 0.0954. The fourth-order valence-corrected chi connectivity index (χ4v) is 3.14. The topological polar surface area (TPSA) is 79.8 Å². The lowest BCUT2D eigenvalue weighted by atomic mass is 10.1. The molecule has 2 amide bonds. The molecule has 0 fully saturated rings. The molecule has 3 aromatic rings. The molecule has 0 spiro atoms. The van der Waals surface area contributed by atoms with E-state index in [9.17, 15) is 9.59 Å². The lowest BCUT2D eigenvalue weighted by Gasteiger charge is -2.08. The third kappa shape index (κ3) is 5.33. The molecule has 0 saturated carbocycles. The van der Waals surface area contributed by atoms with Crippen LogP contribution in [-0.4, -0.2) is 25.1 Å². The van der Waals surface area contributed by atoms with Gasteiger partial charge in [-0.15, -0.1) is 0 Å². The third-order valence-corrected chi connectivity index (χ3v) is 4.85. The van der Waals surface area contributed by atoms with Crippen LogP contribution in [0.4, 0.5) is 5.69 Å². The van der Waals surface area contributed by atoms with Crippen molar-refractivity contribution in [1.82, 2.24) is 5.43 Å². The highest BCUT2D eigenvalue weighted by molar-refractivity contribution is 9.10. The fraction of sp³-hybridized carbons (Fsp3) is 0.0870. The van der Waals surface area contributed by atoms with E-state index in [-0.39, 0.29) is 11.8 Å². The van der Waals surface area contributed by atoms with E-state index in [1.807, 2.05) is 37.3 Å². The summed E-state index contributed by atoms with van der Waals surface area (Å²) in [6.07, 6.45) is 1.51. The van der Waals surface area contributed by atoms with Crippen molar-refractivity contribution in [3.8, 4) is 5.75 Å². The molecule has 0 aliphatic rings. The Morgan fingerprint density at radius 2 is 1.73 bits per heavy atom. The number of ether oxygens (including phenoxy) is 1. The van der Waals surface area contributed by atoms with E-state index in [1.54, 1.807) is 43.5 Å². The minimum Gasteiger partial charge on any atom is -0.496 e. The number of anilines is 1. The first-order valence-electron chi connectivity index (χ1n) is 9.12. The Bertz CT molecular complexity index is 1100. The highest BCUT2D eigenvalue weighted by atomic mass is 79.9. The van der Waals surface area contributed by atoms with Crippen molar-refractivity contribution >= 4 is 39.6 Å². The normalized spacial score (nSPS) is 10.6. The average Bonchev–Trinajstić information content (AvgIpc) is 2.74. The maximum Gasteiger partial charge on any atom is 0.271 e. The van der Waals surface area contributed by atoms with Crippen LogP contribution in [-0.2, 0) is 0 Å². The van der Waals surface area contributed by atoms with Crippen LogP contribution in [0, 0.1) is 6.92 Å². The smallest absolute Gasteiger partial charge is 0.271 e. The summed E-state index contributed by atoms with van der Waals surface area (Å²) in [6, 6.07) is 19.4.